The molecular weight excluding hydrogens is 336 g/mol. The van der Waals surface area contributed by atoms with Crippen molar-refractivity contribution in [2.24, 2.45) is 0 Å². The Hall–Kier alpha value is -2.78. The molecule has 0 radical (unpaired) electrons. The van der Waals surface area contributed by atoms with E-state index < -0.39 is 18.2 Å². The van der Waals surface area contributed by atoms with Gasteiger partial charge in [0.15, 0.2) is 0 Å². The first-order valence-corrected chi connectivity index (χ1v) is 8.35. The van der Waals surface area contributed by atoms with Crippen LogP contribution in [-0.4, -0.2) is 43.0 Å². The van der Waals surface area contributed by atoms with Crippen molar-refractivity contribution in [2.45, 2.75) is 32.1 Å². The number of ether oxygens (including phenoxy) is 3. The number of nitrogens with one attached hydrogen (secondary N) is 1. The molecule has 3 atom stereocenters. The summed E-state index contributed by atoms with van der Waals surface area (Å²) in [6.07, 6.45) is 1.45. The summed E-state index contributed by atoms with van der Waals surface area (Å²) in [6.45, 7) is 4.48. The predicted molar refractivity (Wildman–Crippen MR) is 93.9 cm³/mol. The maximum Gasteiger partial charge on any atom is 0.144 e. The van der Waals surface area contributed by atoms with Gasteiger partial charge in [-0.25, -0.2) is 4.79 Å². The lowest BCUT2D eigenvalue weighted by atomic mass is 9.93. The number of aliphatic hydroxyl groups is 1. The molecule has 7 nitrogen and oxygen atoms in total. The highest BCUT2D eigenvalue weighted by Gasteiger charge is 2.34. The second-order valence-electron chi connectivity index (χ2n) is 5.71. The van der Waals surface area contributed by atoms with Crippen LogP contribution in [0.3, 0.4) is 0 Å². The first-order valence-electron chi connectivity index (χ1n) is 8.35. The Labute approximate surface area is 152 Å². The van der Waals surface area contributed by atoms with Gasteiger partial charge in [0.25, 0.3) is 0 Å². The standard InChI is InChI=1S/C19H22N2O5/c1-3-25-15(12-24-8-4-7-22)11-21-18-16-9-14(10-20)5-6-17(16)26-13(2)19(18)23/h4-6,9,12-13,18-19,21,23H,3,8,11H2,1-2H3/t13-,18?,19-/m0/s1. The van der Waals surface area contributed by atoms with E-state index in [1.54, 1.807) is 31.1 Å². The van der Waals surface area contributed by atoms with Gasteiger partial charge in [0, 0.05) is 11.6 Å². The van der Waals surface area contributed by atoms with Gasteiger partial charge >= 0.3 is 0 Å². The first-order chi connectivity index (χ1) is 12.6. The van der Waals surface area contributed by atoms with Crippen molar-refractivity contribution in [2.75, 3.05) is 19.8 Å². The molecule has 0 saturated carbocycles. The summed E-state index contributed by atoms with van der Waals surface area (Å²) in [5.41, 5.74) is 1.21. The summed E-state index contributed by atoms with van der Waals surface area (Å²) in [4.78, 5) is 10.2. The molecule has 138 valence electrons. The fourth-order valence-corrected chi connectivity index (χ4v) is 2.67. The highest BCUT2D eigenvalue weighted by atomic mass is 16.5. The zero-order chi connectivity index (χ0) is 18.9. The van der Waals surface area contributed by atoms with Gasteiger partial charge in [0.2, 0.25) is 0 Å². The Bertz CT molecular complexity index is 734. The molecule has 1 aliphatic rings. The minimum Gasteiger partial charge on any atom is -0.494 e. The van der Waals surface area contributed by atoms with E-state index in [1.807, 2.05) is 6.92 Å². The van der Waals surface area contributed by atoms with Gasteiger partial charge in [-0.3, -0.25) is 0 Å². The quantitative estimate of drug-likeness (QED) is 0.414. The number of rotatable bonds is 8. The van der Waals surface area contributed by atoms with Crippen molar-refractivity contribution in [1.82, 2.24) is 5.32 Å². The van der Waals surface area contributed by atoms with Crippen molar-refractivity contribution < 1.29 is 24.1 Å². The zero-order valence-corrected chi connectivity index (χ0v) is 14.8. The van der Waals surface area contributed by atoms with Gasteiger partial charge in [0.1, 0.15) is 42.5 Å². The van der Waals surface area contributed by atoms with Crippen LogP contribution < -0.4 is 10.1 Å². The summed E-state index contributed by atoms with van der Waals surface area (Å²) >= 11 is 0. The minimum absolute atomic E-state index is 0.103. The third kappa shape index (κ3) is 4.87. The highest BCUT2D eigenvalue weighted by Crippen LogP contribution is 2.35. The van der Waals surface area contributed by atoms with Crippen LogP contribution in [0.4, 0.5) is 0 Å². The topological polar surface area (TPSA) is 101 Å². The van der Waals surface area contributed by atoms with Crippen molar-refractivity contribution in [3.63, 3.8) is 0 Å². The lowest BCUT2D eigenvalue weighted by molar-refractivity contribution is 0.00213. The Balaban J connectivity index is 2.16. The molecule has 0 saturated heterocycles. The maximum atomic E-state index is 10.5. The van der Waals surface area contributed by atoms with Crippen molar-refractivity contribution >= 4 is 5.94 Å². The van der Waals surface area contributed by atoms with Crippen LogP contribution in [0.15, 0.2) is 36.3 Å². The van der Waals surface area contributed by atoms with Crippen LogP contribution in [0.2, 0.25) is 0 Å². The molecular formula is C19H22N2O5. The van der Waals surface area contributed by atoms with E-state index >= 15 is 0 Å². The van der Waals surface area contributed by atoms with Crippen LogP contribution in [0.1, 0.15) is 31.0 Å². The van der Waals surface area contributed by atoms with Crippen LogP contribution in [-0.2, 0) is 14.3 Å². The Morgan fingerprint density at radius 3 is 3.00 bits per heavy atom. The third-order valence-corrected chi connectivity index (χ3v) is 3.91. The van der Waals surface area contributed by atoms with Crippen LogP contribution >= 0.6 is 0 Å². The summed E-state index contributed by atoms with van der Waals surface area (Å²) in [5, 5.41) is 22.9. The smallest absolute Gasteiger partial charge is 0.144 e. The molecule has 1 unspecified atom stereocenters. The molecule has 26 heavy (non-hydrogen) atoms. The van der Waals surface area contributed by atoms with Crippen molar-refractivity contribution in [3.05, 3.63) is 47.4 Å². The second-order valence-corrected chi connectivity index (χ2v) is 5.71. The monoisotopic (exact) mass is 358 g/mol. The highest BCUT2D eigenvalue weighted by molar-refractivity contribution is 5.46. The maximum absolute atomic E-state index is 10.5. The molecule has 0 amide bonds. The fraction of sp³-hybridized carbons (Fsp3) is 0.421. The summed E-state index contributed by atoms with van der Waals surface area (Å²) in [5.74, 6) is 2.79. The number of nitrogens with zero attached hydrogens (tertiary/aromatic N) is 1. The molecule has 0 aliphatic carbocycles. The average molecular weight is 358 g/mol. The molecule has 7 heteroatoms. The molecule has 1 aromatic carbocycles. The SMILES string of the molecule is CCOC(=COCC=C=O)CNC1c2cc(C#N)ccc2O[C@@H](C)[C@@H]1O. The Morgan fingerprint density at radius 1 is 1.50 bits per heavy atom. The van der Waals surface area contributed by atoms with E-state index in [2.05, 4.69) is 11.4 Å². The van der Waals surface area contributed by atoms with E-state index in [4.69, 9.17) is 19.5 Å². The van der Waals surface area contributed by atoms with Gasteiger partial charge < -0.3 is 24.6 Å². The molecule has 1 aromatic rings. The second kappa shape index (κ2) is 9.64. The largest absolute Gasteiger partial charge is 0.494 e. The Kier molecular flexibility index (Phi) is 7.24. The van der Waals surface area contributed by atoms with E-state index in [0.29, 0.717) is 30.2 Å². The summed E-state index contributed by atoms with van der Waals surface area (Å²) in [6, 6.07) is 6.78. The third-order valence-electron chi connectivity index (χ3n) is 3.91. The summed E-state index contributed by atoms with van der Waals surface area (Å²) in [7, 11) is 0. The predicted octanol–water partition coefficient (Wildman–Crippen LogP) is 1.61. The number of aliphatic hydroxyl groups excluding tert-OH is 1. The van der Waals surface area contributed by atoms with Gasteiger partial charge in [-0.2, -0.15) is 5.26 Å². The molecule has 1 aliphatic heterocycles. The van der Waals surface area contributed by atoms with Crippen molar-refractivity contribution in [1.29, 1.82) is 5.26 Å². The van der Waals surface area contributed by atoms with Gasteiger partial charge in [-0.05, 0) is 32.0 Å². The number of benzene rings is 1. The molecule has 2 N–H and O–H groups in total. The van der Waals surface area contributed by atoms with E-state index in [1.165, 1.54) is 12.3 Å². The van der Waals surface area contributed by atoms with Gasteiger partial charge in [-0.1, -0.05) is 0 Å². The van der Waals surface area contributed by atoms with E-state index in [0.717, 1.165) is 5.56 Å². The fourth-order valence-electron chi connectivity index (χ4n) is 2.67. The molecule has 2 rings (SSSR count). The van der Waals surface area contributed by atoms with Gasteiger partial charge in [-0.15, -0.1) is 0 Å². The van der Waals surface area contributed by atoms with E-state index in [9.17, 15) is 9.90 Å². The first kappa shape index (κ1) is 19.5. The lowest BCUT2D eigenvalue weighted by Gasteiger charge is -2.36. The van der Waals surface area contributed by atoms with Crippen LogP contribution in [0.5, 0.6) is 5.75 Å². The number of hydrogen-bond acceptors (Lipinski definition) is 7. The van der Waals surface area contributed by atoms with E-state index in [-0.39, 0.29) is 6.61 Å². The molecule has 0 bridgehead atoms. The lowest BCUT2D eigenvalue weighted by Crippen LogP contribution is -2.45. The Morgan fingerprint density at radius 2 is 2.31 bits per heavy atom. The van der Waals surface area contributed by atoms with Gasteiger partial charge in [0.05, 0.1) is 30.8 Å². The molecule has 0 spiro atoms. The minimum atomic E-state index is -0.793. The molecule has 1 heterocycles. The average Bonchev–Trinajstić information content (AvgIpc) is 2.65. The number of nitriles is 1. The number of fused-ring (bicyclic) bond motifs is 1. The van der Waals surface area contributed by atoms with Crippen molar-refractivity contribution in [3.8, 4) is 11.8 Å². The number of hydrogen-bond donors (Lipinski definition) is 2. The normalized spacial score (nSPS) is 21.6. The molecule has 0 aromatic heterocycles. The van der Waals surface area contributed by atoms with Crippen LogP contribution in [0, 0.1) is 11.3 Å². The summed E-state index contributed by atoms with van der Waals surface area (Å²) < 4.78 is 16.4. The number of carbonyl (C=O) groups excluding carboxylic acids is 1. The zero-order valence-electron chi connectivity index (χ0n) is 14.8. The molecule has 0 fully saturated rings. The van der Waals surface area contributed by atoms with Crippen LogP contribution in [0.25, 0.3) is 0 Å².